The Hall–Kier alpha value is -4.97. The number of benzene rings is 3. The van der Waals surface area contributed by atoms with Crippen molar-refractivity contribution in [2.45, 2.75) is 6.54 Å². The van der Waals surface area contributed by atoms with Crippen LogP contribution in [0.25, 0.3) is 10.9 Å². The van der Waals surface area contributed by atoms with Gasteiger partial charge in [-0.25, -0.2) is 5.43 Å². The van der Waals surface area contributed by atoms with Crippen molar-refractivity contribution < 1.29 is 14.8 Å². The first kappa shape index (κ1) is 21.3. The van der Waals surface area contributed by atoms with E-state index in [-0.39, 0.29) is 17.0 Å². The number of aromatic nitrogens is 1. The number of carbonyl (C=O) groups is 1. The second-order valence-electron chi connectivity index (χ2n) is 7.16. The molecular weight excluding hydrogens is 422 g/mol. The minimum Gasteiger partial charge on any atom is -0.507 e. The highest BCUT2D eigenvalue weighted by Gasteiger charge is 2.16. The number of hydrogen-bond acceptors (Lipinski definition) is 6. The molecule has 2 N–H and O–H groups in total. The number of nitriles is 1. The molecule has 0 unspecified atom stereocenters. The zero-order valence-electron chi connectivity index (χ0n) is 17.2. The number of hydrazone groups is 1. The molecule has 162 valence electrons. The Morgan fingerprint density at radius 1 is 1.18 bits per heavy atom. The standard InChI is InChI=1S/C24H17N5O4/c25-12-16-5-1-2-6-17(16)14-28-15-18(20-7-3-4-8-22(20)28)13-26-27-24(31)21-11-19(29(32)33)9-10-23(21)30/h1-11,13,15,30H,14H2,(H,27,31)/b26-13-. The van der Waals surface area contributed by atoms with Crippen LogP contribution in [0, 0.1) is 21.4 Å². The summed E-state index contributed by atoms with van der Waals surface area (Å²) in [5.74, 6) is -1.17. The molecule has 0 saturated heterocycles. The fourth-order valence-electron chi connectivity index (χ4n) is 3.50. The topological polar surface area (TPSA) is 134 Å². The van der Waals surface area contributed by atoms with Crippen molar-refractivity contribution in [3.05, 3.63) is 105 Å². The van der Waals surface area contributed by atoms with Crippen LogP contribution < -0.4 is 5.43 Å². The van der Waals surface area contributed by atoms with Crippen LogP contribution in [-0.4, -0.2) is 26.7 Å². The average Bonchev–Trinajstić information content (AvgIpc) is 3.17. The van der Waals surface area contributed by atoms with E-state index in [1.807, 2.05) is 53.2 Å². The number of aromatic hydroxyl groups is 1. The minimum atomic E-state index is -0.779. The Bertz CT molecular complexity index is 1450. The summed E-state index contributed by atoms with van der Waals surface area (Å²) in [7, 11) is 0. The van der Waals surface area contributed by atoms with Gasteiger partial charge in [-0.2, -0.15) is 10.4 Å². The number of hydrogen-bond donors (Lipinski definition) is 2. The molecule has 0 aliphatic heterocycles. The second kappa shape index (κ2) is 9.03. The van der Waals surface area contributed by atoms with E-state index in [9.17, 15) is 25.3 Å². The van der Waals surface area contributed by atoms with E-state index in [2.05, 4.69) is 16.6 Å². The molecule has 3 aromatic carbocycles. The van der Waals surface area contributed by atoms with Crippen molar-refractivity contribution in [1.82, 2.24) is 9.99 Å². The summed E-state index contributed by atoms with van der Waals surface area (Å²) in [6.07, 6.45) is 3.32. The van der Waals surface area contributed by atoms with Crippen LogP contribution >= 0.6 is 0 Å². The first-order chi connectivity index (χ1) is 16.0. The Morgan fingerprint density at radius 3 is 2.73 bits per heavy atom. The van der Waals surface area contributed by atoms with Gasteiger partial charge in [-0.1, -0.05) is 36.4 Å². The third kappa shape index (κ3) is 4.40. The quantitative estimate of drug-likeness (QED) is 0.267. The van der Waals surface area contributed by atoms with E-state index < -0.39 is 10.8 Å². The monoisotopic (exact) mass is 439 g/mol. The number of phenolic OH excluding ortho intramolecular Hbond substituents is 1. The zero-order valence-corrected chi connectivity index (χ0v) is 17.2. The van der Waals surface area contributed by atoms with E-state index in [0.717, 1.165) is 40.2 Å². The maximum absolute atomic E-state index is 12.4. The number of non-ortho nitro benzene ring substituents is 1. The van der Waals surface area contributed by atoms with E-state index in [1.54, 1.807) is 6.07 Å². The van der Waals surface area contributed by atoms with Crippen molar-refractivity contribution in [1.29, 1.82) is 5.26 Å². The Labute approximate surface area is 188 Å². The van der Waals surface area contributed by atoms with E-state index in [1.165, 1.54) is 6.21 Å². The van der Waals surface area contributed by atoms with E-state index in [0.29, 0.717) is 12.1 Å². The Morgan fingerprint density at radius 2 is 1.94 bits per heavy atom. The van der Waals surface area contributed by atoms with Gasteiger partial charge in [0.15, 0.2) is 0 Å². The molecule has 1 heterocycles. The molecule has 4 aromatic rings. The molecule has 0 radical (unpaired) electrons. The molecule has 1 aromatic heterocycles. The molecule has 0 fully saturated rings. The first-order valence-corrected chi connectivity index (χ1v) is 9.84. The normalized spacial score (nSPS) is 10.9. The molecule has 0 aliphatic rings. The summed E-state index contributed by atoms with van der Waals surface area (Å²) in [6, 6.07) is 20.4. The number of nitro benzene ring substituents is 1. The molecule has 0 bridgehead atoms. The highest BCUT2D eigenvalue weighted by molar-refractivity contribution is 6.01. The number of carbonyl (C=O) groups excluding carboxylic acids is 1. The van der Waals surface area contributed by atoms with Gasteiger partial charge in [0.1, 0.15) is 5.75 Å². The van der Waals surface area contributed by atoms with Crippen LogP contribution in [0.4, 0.5) is 5.69 Å². The smallest absolute Gasteiger partial charge is 0.275 e. The van der Waals surface area contributed by atoms with Gasteiger partial charge in [0.05, 0.1) is 28.3 Å². The van der Waals surface area contributed by atoms with Crippen molar-refractivity contribution in [2.75, 3.05) is 0 Å². The lowest BCUT2D eigenvalue weighted by atomic mass is 10.1. The van der Waals surface area contributed by atoms with Crippen LogP contribution in [0.1, 0.15) is 27.0 Å². The maximum Gasteiger partial charge on any atom is 0.275 e. The lowest BCUT2D eigenvalue weighted by Gasteiger charge is -2.07. The lowest BCUT2D eigenvalue weighted by Crippen LogP contribution is -2.18. The summed E-state index contributed by atoms with van der Waals surface area (Å²) < 4.78 is 1.99. The molecule has 9 nitrogen and oxygen atoms in total. The fraction of sp³-hybridized carbons (Fsp3) is 0.0417. The molecule has 0 aliphatic carbocycles. The summed E-state index contributed by atoms with van der Waals surface area (Å²) >= 11 is 0. The van der Waals surface area contributed by atoms with Crippen LogP contribution in [0.2, 0.25) is 0 Å². The van der Waals surface area contributed by atoms with Crippen LogP contribution in [0.15, 0.2) is 78.0 Å². The molecule has 0 atom stereocenters. The van der Waals surface area contributed by atoms with Crippen molar-refractivity contribution in [3.63, 3.8) is 0 Å². The van der Waals surface area contributed by atoms with Crippen molar-refractivity contribution in [2.24, 2.45) is 5.10 Å². The number of para-hydroxylation sites is 1. The minimum absolute atomic E-state index is 0.253. The predicted molar refractivity (Wildman–Crippen MR) is 122 cm³/mol. The first-order valence-electron chi connectivity index (χ1n) is 9.84. The number of phenols is 1. The van der Waals surface area contributed by atoms with Gasteiger partial charge in [-0.3, -0.25) is 14.9 Å². The summed E-state index contributed by atoms with van der Waals surface area (Å²) in [5.41, 5.74) is 4.84. The molecule has 1 amide bonds. The average molecular weight is 439 g/mol. The molecule has 9 heteroatoms. The lowest BCUT2D eigenvalue weighted by molar-refractivity contribution is -0.384. The van der Waals surface area contributed by atoms with E-state index in [4.69, 9.17) is 0 Å². The van der Waals surface area contributed by atoms with Gasteiger partial charge >= 0.3 is 0 Å². The van der Waals surface area contributed by atoms with Crippen LogP contribution in [-0.2, 0) is 6.54 Å². The highest BCUT2D eigenvalue weighted by Crippen LogP contribution is 2.24. The number of rotatable bonds is 6. The Balaban J connectivity index is 1.60. The summed E-state index contributed by atoms with van der Waals surface area (Å²) in [4.78, 5) is 22.6. The summed E-state index contributed by atoms with van der Waals surface area (Å²) in [6.45, 7) is 0.478. The largest absolute Gasteiger partial charge is 0.507 e. The molecule has 0 spiro atoms. The van der Waals surface area contributed by atoms with E-state index >= 15 is 0 Å². The Kier molecular flexibility index (Phi) is 5.82. The van der Waals surface area contributed by atoms with Gasteiger partial charge in [0, 0.05) is 41.3 Å². The van der Waals surface area contributed by atoms with Crippen molar-refractivity contribution in [3.8, 4) is 11.8 Å². The molecular formula is C24H17N5O4. The molecule has 4 rings (SSSR count). The van der Waals surface area contributed by atoms with Crippen LogP contribution in [0.5, 0.6) is 5.75 Å². The van der Waals surface area contributed by atoms with Gasteiger partial charge < -0.3 is 9.67 Å². The molecule has 33 heavy (non-hydrogen) atoms. The SMILES string of the molecule is N#Cc1ccccc1Cn1cc(/C=N\NC(=O)c2cc([N+](=O)[O-])ccc2O)c2ccccc21. The number of nitrogens with zero attached hydrogens (tertiary/aromatic N) is 4. The van der Waals surface area contributed by atoms with Gasteiger partial charge in [-0.05, 0) is 23.8 Å². The number of nitro groups is 1. The van der Waals surface area contributed by atoms with Crippen molar-refractivity contribution >= 4 is 28.7 Å². The third-order valence-electron chi connectivity index (χ3n) is 5.10. The fourth-order valence-corrected chi connectivity index (χ4v) is 3.50. The van der Waals surface area contributed by atoms with Gasteiger partial charge in [0.25, 0.3) is 11.6 Å². The third-order valence-corrected chi connectivity index (χ3v) is 5.10. The predicted octanol–water partition coefficient (Wildman–Crippen LogP) is 3.94. The van der Waals surface area contributed by atoms with Gasteiger partial charge in [0.2, 0.25) is 0 Å². The summed E-state index contributed by atoms with van der Waals surface area (Å²) in [5, 5.41) is 35.0. The number of amides is 1. The van der Waals surface area contributed by atoms with Gasteiger partial charge in [-0.15, -0.1) is 0 Å². The maximum atomic E-state index is 12.4. The van der Waals surface area contributed by atoms with Crippen LogP contribution in [0.3, 0.4) is 0 Å². The number of nitrogens with one attached hydrogen (secondary N) is 1. The molecule has 0 saturated carbocycles. The zero-order chi connectivity index (χ0) is 23.4. The number of fused-ring (bicyclic) bond motifs is 1. The highest BCUT2D eigenvalue weighted by atomic mass is 16.6. The second-order valence-corrected chi connectivity index (χ2v) is 7.16.